The second-order valence-corrected chi connectivity index (χ2v) is 9.30. The maximum absolute atomic E-state index is 13.6. The number of carbonyl (C=O) groups is 3. The number of amides is 3. The van der Waals surface area contributed by atoms with Gasteiger partial charge in [-0.1, -0.05) is 51.8 Å². The summed E-state index contributed by atoms with van der Waals surface area (Å²) in [6.07, 6.45) is 0. The van der Waals surface area contributed by atoms with Gasteiger partial charge in [0.15, 0.2) is 0 Å². The van der Waals surface area contributed by atoms with Crippen LogP contribution in [-0.4, -0.2) is 35.9 Å². The quantitative estimate of drug-likeness (QED) is 0.526. The molecular weight excluding hydrogens is 498 g/mol. The van der Waals surface area contributed by atoms with Gasteiger partial charge in [0.25, 0.3) is 11.8 Å². The average Bonchev–Trinajstić information content (AvgIpc) is 3.36. The number of halogens is 1. The molecule has 7 nitrogen and oxygen atoms in total. The highest BCUT2D eigenvalue weighted by atomic mass is 79.9. The van der Waals surface area contributed by atoms with E-state index < -0.39 is 23.9 Å². The molecule has 2 aliphatic rings. The van der Waals surface area contributed by atoms with Gasteiger partial charge in [0.05, 0.1) is 24.8 Å². The van der Waals surface area contributed by atoms with Crippen molar-refractivity contribution in [3.05, 3.63) is 94.0 Å². The molecule has 3 aromatic carbocycles. The predicted octanol–water partition coefficient (Wildman–Crippen LogP) is 4.03. The smallest absolute Gasteiger partial charge is 0.268 e. The van der Waals surface area contributed by atoms with Crippen LogP contribution in [0.15, 0.2) is 77.3 Å². The predicted molar refractivity (Wildman–Crippen MR) is 130 cm³/mol. The molecule has 3 aromatic rings. The summed E-state index contributed by atoms with van der Waals surface area (Å²) in [7, 11) is 1.58. The van der Waals surface area contributed by atoms with E-state index in [2.05, 4.69) is 21.4 Å². The Bertz CT molecular complexity index is 1280. The fourth-order valence-corrected chi connectivity index (χ4v) is 4.97. The monoisotopic (exact) mass is 519 g/mol. The molecule has 2 aliphatic heterocycles. The molecule has 0 saturated carbocycles. The van der Waals surface area contributed by atoms with Crippen LogP contribution in [0.3, 0.4) is 0 Å². The van der Waals surface area contributed by atoms with Gasteiger partial charge in [0.1, 0.15) is 11.8 Å². The molecule has 8 heteroatoms. The van der Waals surface area contributed by atoms with Crippen molar-refractivity contribution in [2.45, 2.75) is 19.0 Å². The zero-order chi connectivity index (χ0) is 24.0. The number of methoxy groups -OCH3 is 1. The summed E-state index contributed by atoms with van der Waals surface area (Å²) >= 11 is 3.39. The number of fused-ring (bicyclic) bond motifs is 1. The molecule has 0 aliphatic carbocycles. The molecule has 0 unspecified atom stereocenters. The normalized spacial score (nSPS) is 21.7. The van der Waals surface area contributed by atoms with Crippen LogP contribution in [0, 0.1) is 12.8 Å². The molecule has 2 heterocycles. The maximum Gasteiger partial charge on any atom is 0.268 e. The first-order chi connectivity index (χ1) is 16.4. The molecule has 3 atom stereocenters. The Labute approximate surface area is 205 Å². The van der Waals surface area contributed by atoms with Gasteiger partial charge in [-0.25, -0.2) is 10.3 Å². The van der Waals surface area contributed by atoms with Crippen molar-refractivity contribution < 1.29 is 19.1 Å². The fourth-order valence-electron chi connectivity index (χ4n) is 4.57. The van der Waals surface area contributed by atoms with Gasteiger partial charge in [-0.05, 0) is 55.0 Å². The number of rotatable bonds is 4. The van der Waals surface area contributed by atoms with Crippen molar-refractivity contribution in [3.8, 4) is 5.75 Å². The van der Waals surface area contributed by atoms with Crippen molar-refractivity contribution in [1.29, 1.82) is 0 Å². The minimum absolute atomic E-state index is 0.336. The number of hydrogen-bond donors (Lipinski definition) is 1. The summed E-state index contributed by atoms with van der Waals surface area (Å²) < 4.78 is 6.00. The van der Waals surface area contributed by atoms with Crippen LogP contribution in [0.4, 0.5) is 5.69 Å². The third-order valence-corrected chi connectivity index (χ3v) is 6.79. The molecule has 5 rings (SSSR count). The Balaban J connectivity index is 1.57. The third kappa shape index (κ3) is 3.69. The SMILES string of the molecule is COc1ccc([C@@H]2NN(C(=O)c3cccc(Br)c3)[C@H]3C(=O)N(c4ccc(C)cc4)C(=O)[C@H]23)cc1. The molecular formula is C26H22BrN3O4. The van der Waals surface area contributed by atoms with Crippen molar-refractivity contribution in [2.24, 2.45) is 5.92 Å². The Morgan fingerprint density at radius 3 is 2.32 bits per heavy atom. The Hall–Kier alpha value is -3.49. The molecule has 0 aromatic heterocycles. The Morgan fingerprint density at radius 1 is 0.971 bits per heavy atom. The number of anilines is 1. The summed E-state index contributed by atoms with van der Waals surface area (Å²) in [6, 6.07) is 19.9. The van der Waals surface area contributed by atoms with Gasteiger partial charge in [-0.3, -0.25) is 19.4 Å². The lowest BCUT2D eigenvalue weighted by Gasteiger charge is -2.25. The van der Waals surface area contributed by atoms with Crippen LogP contribution in [0.1, 0.15) is 27.5 Å². The molecule has 0 spiro atoms. The summed E-state index contributed by atoms with van der Waals surface area (Å²) in [5, 5.41) is 1.32. The number of carbonyl (C=O) groups excluding carboxylic acids is 3. The second kappa shape index (κ2) is 8.70. The van der Waals surface area contributed by atoms with Gasteiger partial charge in [-0.2, -0.15) is 0 Å². The lowest BCUT2D eigenvalue weighted by Crippen LogP contribution is -2.48. The van der Waals surface area contributed by atoms with Gasteiger partial charge >= 0.3 is 0 Å². The van der Waals surface area contributed by atoms with Gasteiger partial charge in [0, 0.05) is 10.0 Å². The molecule has 172 valence electrons. The molecule has 3 amide bonds. The molecule has 2 saturated heterocycles. The first-order valence-corrected chi connectivity index (χ1v) is 11.6. The summed E-state index contributed by atoms with van der Waals surface area (Å²) in [5.41, 5.74) is 5.88. The minimum atomic E-state index is -0.965. The number of hydrazine groups is 1. The molecule has 1 N–H and O–H groups in total. The summed E-state index contributed by atoms with van der Waals surface area (Å²) in [6.45, 7) is 1.94. The Kier molecular flexibility index (Phi) is 5.71. The van der Waals surface area contributed by atoms with Crippen LogP contribution < -0.4 is 15.1 Å². The van der Waals surface area contributed by atoms with Crippen LogP contribution >= 0.6 is 15.9 Å². The first-order valence-electron chi connectivity index (χ1n) is 10.8. The average molecular weight is 520 g/mol. The summed E-state index contributed by atoms with van der Waals surface area (Å²) in [4.78, 5) is 42.0. The number of ether oxygens (including phenoxy) is 1. The van der Waals surface area contributed by atoms with Crippen LogP contribution in [-0.2, 0) is 9.59 Å². The molecule has 2 fully saturated rings. The van der Waals surface area contributed by atoms with E-state index in [1.165, 1.54) is 9.91 Å². The van der Waals surface area contributed by atoms with E-state index in [1.807, 2.05) is 37.3 Å². The van der Waals surface area contributed by atoms with Crippen LogP contribution in [0.25, 0.3) is 0 Å². The lowest BCUT2D eigenvalue weighted by atomic mass is 9.91. The lowest BCUT2D eigenvalue weighted by molar-refractivity contribution is -0.123. The van der Waals surface area contributed by atoms with E-state index in [-0.39, 0.29) is 11.8 Å². The molecule has 0 bridgehead atoms. The number of imide groups is 1. The van der Waals surface area contributed by atoms with Crippen LogP contribution in [0.2, 0.25) is 0 Å². The van der Waals surface area contributed by atoms with Crippen molar-refractivity contribution >= 4 is 39.3 Å². The first kappa shape index (κ1) is 22.3. The van der Waals surface area contributed by atoms with Crippen molar-refractivity contribution in [3.63, 3.8) is 0 Å². The number of nitrogens with one attached hydrogen (secondary N) is 1. The highest BCUT2D eigenvalue weighted by molar-refractivity contribution is 9.10. The number of nitrogens with zero attached hydrogens (tertiary/aromatic N) is 2. The zero-order valence-electron chi connectivity index (χ0n) is 18.6. The highest BCUT2D eigenvalue weighted by Crippen LogP contribution is 2.42. The standard InChI is InChI=1S/C26H22BrN3O4/c1-15-6-10-19(11-7-15)29-25(32)21-22(16-8-12-20(34-2)13-9-16)28-30(23(21)26(29)33)24(31)17-4-3-5-18(27)14-17/h3-14,21-23,28H,1-2H3/t21-,22+,23-/m1/s1. The summed E-state index contributed by atoms with van der Waals surface area (Å²) in [5.74, 6) is -1.23. The largest absolute Gasteiger partial charge is 0.497 e. The zero-order valence-corrected chi connectivity index (χ0v) is 20.2. The number of hydrogen-bond acceptors (Lipinski definition) is 5. The van der Waals surface area contributed by atoms with Gasteiger partial charge in [-0.15, -0.1) is 0 Å². The van der Waals surface area contributed by atoms with Gasteiger partial charge < -0.3 is 4.74 Å². The van der Waals surface area contributed by atoms with Crippen LogP contribution in [0.5, 0.6) is 5.75 Å². The van der Waals surface area contributed by atoms with E-state index in [0.717, 1.165) is 15.6 Å². The number of aryl methyl sites for hydroxylation is 1. The highest BCUT2D eigenvalue weighted by Gasteiger charge is 2.60. The van der Waals surface area contributed by atoms with E-state index in [1.54, 1.807) is 49.6 Å². The molecule has 34 heavy (non-hydrogen) atoms. The van der Waals surface area contributed by atoms with E-state index in [4.69, 9.17) is 4.74 Å². The Morgan fingerprint density at radius 2 is 1.68 bits per heavy atom. The molecule has 0 radical (unpaired) electrons. The van der Waals surface area contributed by atoms with E-state index in [9.17, 15) is 14.4 Å². The van der Waals surface area contributed by atoms with E-state index >= 15 is 0 Å². The topological polar surface area (TPSA) is 79.0 Å². The third-order valence-electron chi connectivity index (χ3n) is 6.29. The second-order valence-electron chi connectivity index (χ2n) is 8.38. The van der Waals surface area contributed by atoms with Crippen molar-refractivity contribution in [1.82, 2.24) is 10.4 Å². The van der Waals surface area contributed by atoms with E-state index in [0.29, 0.717) is 17.0 Å². The fraction of sp³-hybridized carbons (Fsp3) is 0.192. The maximum atomic E-state index is 13.6. The van der Waals surface area contributed by atoms with Gasteiger partial charge in [0.2, 0.25) is 5.91 Å². The van der Waals surface area contributed by atoms with Crippen molar-refractivity contribution in [2.75, 3.05) is 12.0 Å². The minimum Gasteiger partial charge on any atom is -0.497 e. The number of benzene rings is 3.